The number of anilines is 1. The number of nitrogen functional groups attached to an aromatic ring is 1. The van der Waals surface area contributed by atoms with Crippen LogP contribution in [0.2, 0.25) is 0 Å². The molecular formula is C20H19N5O2. The van der Waals surface area contributed by atoms with Crippen LogP contribution in [0.25, 0.3) is 16.7 Å². The van der Waals surface area contributed by atoms with Crippen molar-refractivity contribution in [1.82, 2.24) is 10.4 Å². The van der Waals surface area contributed by atoms with Crippen LogP contribution in [0.15, 0.2) is 35.4 Å². The summed E-state index contributed by atoms with van der Waals surface area (Å²) >= 11 is 0. The van der Waals surface area contributed by atoms with Gasteiger partial charge in [-0.1, -0.05) is 18.2 Å². The predicted molar refractivity (Wildman–Crippen MR) is 104 cm³/mol. The first-order valence-corrected chi connectivity index (χ1v) is 8.42. The van der Waals surface area contributed by atoms with E-state index < -0.39 is 5.97 Å². The molecule has 0 saturated carbocycles. The van der Waals surface area contributed by atoms with E-state index >= 15 is 0 Å². The molecule has 0 amide bonds. The fourth-order valence-corrected chi connectivity index (χ4v) is 3.16. The minimum atomic E-state index is -0.410. The molecule has 0 atom stereocenters. The number of rotatable bonds is 4. The number of allylic oxidation sites excluding steroid dienone is 2. The largest absolute Gasteiger partial charge is 0.465 e. The van der Waals surface area contributed by atoms with Gasteiger partial charge in [-0.25, -0.2) is 9.78 Å². The van der Waals surface area contributed by atoms with E-state index in [0.717, 1.165) is 40.8 Å². The molecule has 136 valence electrons. The number of nitrogens with one attached hydrogen (secondary N) is 1. The highest BCUT2D eigenvalue weighted by Crippen LogP contribution is 2.37. The highest BCUT2D eigenvalue weighted by atomic mass is 16.5. The fraction of sp³-hybridized carbons (Fsp3) is 0.200. The zero-order valence-corrected chi connectivity index (χ0v) is 15.1. The summed E-state index contributed by atoms with van der Waals surface area (Å²) in [6.07, 6.45) is 5.29. The number of nitriles is 1. The monoisotopic (exact) mass is 361 g/mol. The Hall–Kier alpha value is -3.66. The number of pyridine rings is 1. The Bertz CT molecular complexity index is 985. The van der Waals surface area contributed by atoms with Crippen LogP contribution in [0, 0.1) is 11.3 Å². The summed E-state index contributed by atoms with van der Waals surface area (Å²) in [6.45, 7) is 0. The van der Waals surface area contributed by atoms with E-state index in [-0.39, 0.29) is 5.82 Å². The molecule has 0 saturated heterocycles. The first-order valence-electron chi connectivity index (χ1n) is 8.42. The second kappa shape index (κ2) is 7.70. The lowest BCUT2D eigenvalue weighted by atomic mass is 9.86. The summed E-state index contributed by atoms with van der Waals surface area (Å²) in [5.74, 6) is -0.235. The van der Waals surface area contributed by atoms with Crippen molar-refractivity contribution in [2.24, 2.45) is 5.10 Å². The topological polar surface area (TPSA) is 113 Å². The van der Waals surface area contributed by atoms with Crippen molar-refractivity contribution in [1.29, 1.82) is 5.26 Å². The molecule has 1 aliphatic carbocycles. The van der Waals surface area contributed by atoms with Crippen molar-refractivity contribution in [3.8, 4) is 17.2 Å². The molecule has 3 rings (SSSR count). The fourth-order valence-electron chi connectivity index (χ4n) is 3.16. The van der Waals surface area contributed by atoms with Gasteiger partial charge in [0.05, 0.1) is 24.6 Å². The number of hydrogen-bond donors (Lipinski definition) is 2. The van der Waals surface area contributed by atoms with Crippen LogP contribution >= 0.6 is 0 Å². The Morgan fingerprint density at radius 1 is 1.41 bits per heavy atom. The number of ether oxygens (including phenoxy) is 1. The number of carbonyl (C=O) groups excluding carboxylic acids is 1. The summed E-state index contributed by atoms with van der Waals surface area (Å²) in [5, 5.41) is 13.7. The number of esters is 1. The van der Waals surface area contributed by atoms with E-state index in [1.54, 1.807) is 37.5 Å². The zero-order valence-electron chi connectivity index (χ0n) is 15.1. The van der Waals surface area contributed by atoms with Crippen molar-refractivity contribution in [3.05, 3.63) is 52.7 Å². The number of hydrazone groups is 1. The Morgan fingerprint density at radius 2 is 2.15 bits per heavy atom. The molecule has 0 radical (unpaired) electrons. The smallest absolute Gasteiger partial charge is 0.337 e. The molecule has 1 heterocycles. The second-order valence-corrected chi connectivity index (χ2v) is 5.93. The Morgan fingerprint density at radius 3 is 2.78 bits per heavy atom. The summed E-state index contributed by atoms with van der Waals surface area (Å²) in [4.78, 5) is 16.1. The molecule has 7 heteroatoms. The maximum Gasteiger partial charge on any atom is 0.337 e. The van der Waals surface area contributed by atoms with E-state index in [1.165, 1.54) is 7.11 Å². The van der Waals surface area contributed by atoms with Crippen LogP contribution in [-0.4, -0.2) is 31.3 Å². The lowest BCUT2D eigenvalue weighted by Gasteiger charge is -2.20. The van der Waals surface area contributed by atoms with Gasteiger partial charge in [0, 0.05) is 18.2 Å². The molecule has 27 heavy (non-hydrogen) atoms. The minimum Gasteiger partial charge on any atom is -0.465 e. The van der Waals surface area contributed by atoms with E-state index in [9.17, 15) is 10.1 Å². The third-order valence-electron chi connectivity index (χ3n) is 4.40. The molecule has 0 spiro atoms. The van der Waals surface area contributed by atoms with Gasteiger partial charge in [-0.3, -0.25) is 0 Å². The SMILES string of the molecule is CN/N=C\C1=CCCc2c1nc(N)c(C#N)c2-c1ccc(C(=O)OC)cc1. The first-order chi connectivity index (χ1) is 13.1. The quantitative estimate of drug-likeness (QED) is 0.491. The van der Waals surface area contributed by atoms with Gasteiger partial charge in [0.25, 0.3) is 0 Å². The maximum absolute atomic E-state index is 11.7. The van der Waals surface area contributed by atoms with Gasteiger partial charge in [-0.2, -0.15) is 10.4 Å². The molecular weight excluding hydrogens is 342 g/mol. The van der Waals surface area contributed by atoms with Crippen LogP contribution in [0.4, 0.5) is 5.82 Å². The van der Waals surface area contributed by atoms with Crippen molar-refractivity contribution in [2.45, 2.75) is 12.8 Å². The molecule has 1 aromatic heterocycles. The third kappa shape index (κ3) is 3.37. The molecule has 0 unspecified atom stereocenters. The van der Waals surface area contributed by atoms with Crippen LogP contribution in [0.1, 0.15) is 33.6 Å². The Kier molecular flexibility index (Phi) is 5.18. The van der Waals surface area contributed by atoms with Crippen LogP contribution in [0.5, 0.6) is 0 Å². The second-order valence-electron chi connectivity index (χ2n) is 5.93. The number of nitrogens with two attached hydrogens (primary N) is 1. The zero-order chi connectivity index (χ0) is 19.4. The molecule has 1 aliphatic rings. The summed E-state index contributed by atoms with van der Waals surface area (Å²) in [6, 6.07) is 9.11. The van der Waals surface area contributed by atoms with Crippen molar-refractivity contribution >= 4 is 23.6 Å². The molecule has 0 bridgehead atoms. The highest BCUT2D eigenvalue weighted by Gasteiger charge is 2.23. The molecule has 7 nitrogen and oxygen atoms in total. The van der Waals surface area contributed by atoms with E-state index in [4.69, 9.17) is 10.5 Å². The number of nitrogens with zero attached hydrogens (tertiary/aromatic N) is 3. The van der Waals surface area contributed by atoms with Crippen LogP contribution in [-0.2, 0) is 11.2 Å². The van der Waals surface area contributed by atoms with E-state index in [1.807, 2.05) is 6.08 Å². The molecule has 1 aromatic carbocycles. The van der Waals surface area contributed by atoms with Gasteiger partial charge in [0.2, 0.25) is 0 Å². The van der Waals surface area contributed by atoms with Crippen molar-refractivity contribution in [3.63, 3.8) is 0 Å². The average Bonchev–Trinajstić information content (AvgIpc) is 2.70. The van der Waals surface area contributed by atoms with Crippen molar-refractivity contribution < 1.29 is 9.53 Å². The lowest BCUT2D eigenvalue weighted by molar-refractivity contribution is 0.0601. The van der Waals surface area contributed by atoms with E-state index in [2.05, 4.69) is 21.6 Å². The number of carbonyl (C=O) groups is 1. The average molecular weight is 361 g/mol. The molecule has 3 N–H and O–H groups in total. The summed E-state index contributed by atoms with van der Waals surface area (Å²) < 4.78 is 4.74. The molecule has 2 aromatic rings. The lowest BCUT2D eigenvalue weighted by Crippen LogP contribution is -2.11. The minimum absolute atomic E-state index is 0.175. The number of benzene rings is 1. The number of fused-ring (bicyclic) bond motifs is 1. The Balaban J connectivity index is 2.19. The van der Waals surface area contributed by atoms with Gasteiger partial charge in [-0.15, -0.1) is 0 Å². The summed E-state index contributed by atoms with van der Waals surface area (Å²) in [5.41, 5.74) is 13.7. The maximum atomic E-state index is 11.7. The Labute approximate surface area is 157 Å². The highest BCUT2D eigenvalue weighted by molar-refractivity contribution is 6.11. The number of methoxy groups -OCH3 is 1. The van der Waals surface area contributed by atoms with Gasteiger partial charge in [-0.05, 0) is 36.1 Å². The van der Waals surface area contributed by atoms with Gasteiger partial charge in [0.15, 0.2) is 0 Å². The number of hydrogen-bond acceptors (Lipinski definition) is 7. The first kappa shape index (κ1) is 18.1. The summed E-state index contributed by atoms with van der Waals surface area (Å²) in [7, 11) is 3.06. The van der Waals surface area contributed by atoms with Gasteiger partial charge >= 0.3 is 5.97 Å². The van der Waals surface area contributed by atoms with Crippen LogP contribution in [0.3, 0.4) is 0 Å². The normalized spacial score (nSPS) is 12.9. The van der Waals surface area contributed by atoms with Crippen LogP contribution < -0.4 is 11.2 Å². The van der Waals surface area contributed by atoms with Gasteiger partial charge < -0.3 is 15.9 Å². The number of aromatic nitrogens is 1. The van der Waals surface area contributed by atoms with Crippen molar-refractivity contribution in [2.75, 3.05) is 19.9 Å². The third-order valence-corrected chi connectivity index (χ3v) is 4.40. The predicted octanol–water partition coefficient (Wildman–Crippen LogP) is 2.52. The van der Waals surface area contributed by atoms with Gasteiger partial charge in [0.1, 0.15) is 17.5 Å². The molecule has 0 aliphatic heterocycles. The standard InChI is InChI=1S/C20H19N5O2/c1-23-24-11-14-4-3-5-15-17(16(10-21)19(22)25-18(14)15)12-6-8-13(9-7-12)20(26)27-2/h4,6-9,11,23H,3,5H2,1-2H3,(H2,22,25)/b24-11-. The molecule has 0 fully saturated rings. The van der Waals surface area contributed by atoms with E-state index in [0.29, 0.717) is 11.1 Å².